The van der Waals surface area contributed by atoms with Crippen LogP contribution >= 0.6 is 81.2 Å². The molecule has 0 spiro atoms. The third-order valence-corrected chi connectivity index (χ3v) is 5.68. The number of anilines is 2. The summed E-state index contributed by atoms with van der Waals surface area (Å²) in [5, 5.41) is 20.4. The molecule has 4 nitrogen and oxygen atoms in total. The third-order valence-electron chi connectivity index (χ3n) is 2.77. The van der Waals surface area contributed by atoms with Gasteiger partial charge in [0, 0.05) is 0 Å². The molecule has 0 aliphatic heterocycles. The van der Waals surface area contributed by atoms with E-state index in [1.54, 1.807) is 6.07 Å². The maximum atomic E-state index is 9.32. The molecule has 1 heterocycles. The Morgan fingerprint density at radius 2 is 1.25 bits per heavy atom. The highest BCUT2D eigenvalue weighted by Gasteiger charge is 2.23. The molecule has 122 valence electrons. The van der Waals surface area contributed by atoms with Crippen LogP contribution in [0, 0.1) is 22.7 Å². The molecule has 0 fully saturated rings. The fraction of sp³-hybridized carbons (Fsp3) is 0. The molecule has 0 atom stereocenters. The van der Waals surface area contributed by atoms with Gasteiger partial charge in [-0.15, -0.1) is 0 Å². The highest BCUT2D eigenvalue weighted by atomic mass is 35.5. The van der Waals surface area contributed by atoms with Crippen molar-refractivity contribution < 1.29 is 0 Å². The molecule has 2 aromatic rings. The van der Waals surface area contributed by atoms with Crippen molar-refractivity contribution in [2.24, 2.45) is 0 Å². The summed E-state index contributed by atoms with van der Waals surface area (Å²) in [6.07, 6.45) is 0. The van der Waals surface area contributed by atoms with Gasteiger partial charge in [0.1, 0.15) is 17.2 Å². The van der Waals surface area contributed by atoms with Crippen LogP contribution in [0.15, 0.2) is 0 Å². The van der Waals surface area contributed by atoms with Crippen molar-refractivity contribution in [1.29, 1.82) is 10.5 Å². The van der Waals surface area contributed by atoms with Crippen molar-refractivity contribution in [3.8, 4) is 12.1 Å². The van der Waals surface area contributed by atoms with Crippen LogP contribution in [0.1, 0.15) is 11.1 Å². The number of pyridine rings is 1. The summed E-state index contributed by atoms with van der Waals surface area (Å²) < 4.78 is 0. The standard InChI is InChI=1S/C13HCl7N4/c14-5-3(1-21)6(15)8(17)11(4(5)2-22)23-13-10(19)7(16)9(18)12(20)24-13/h(H,23,24). The second-order valence-electron chi connectivity index (χ2n) is 4.11. The molecule has 2 rings (SSSR count). The number of benzene rings is 1. The predicted octanol–water partition coefficient (Wildman–Crippen LogP) is 7.14. The zero-order valence-corrected chi connectivity index (χ0v) is 16.3. The van der Waals surface area contributed by atoms with E-state index in [2.05, 4.69) is 10.3 Å². The topological polar surface area (TPSA) is 72.5 Å². The second kappa shape index (κ2) is 7.60. The molecule has 0 amide bonds. The molecule has 1 N–H and O–H groups in total. The monoisotopic (exact) mass is 458 g/mol. The lowest BCUT2D eigenvalue weighted by Crippen LogP contribution is -2.02. The normalized spacial score (nSPS) is 10.2. The van der Waals surface area contributed by atoms with E-state index in [9.17, 15) is 5.26 Å². The second-order valence-corrected chi connectivity index (χ2v) is 6.73. The van der Waals surface area contributed by atoms with E-state index in [1.165, 1.54) is 0 Å². The summed E-state index contributed by atoms with van der Waals surface area (Å²) in [6.45, 7) is 0. The van der Waals surface area contributed by atoms with Crippen molar-refractivity contribution in [2.45, 2.75) is 0 Å². The van der Waals surface area contributed by atoms with E-state index in [-0.39, 0.29) is 57.9 Å². The average molecular weight is 461 g/mol. The first-order chi connectivity index (χ1) is 11.2. The van der Waals surface area contributed by atoms with Crippen molar-refractivity contribution in [3.05, 3.63) is 46.4 Å². The Bertz CT molecular complexity index is 944. The van der Waals surface area contributed by atoms with Gasteiger partial charge in [0.2, 0.25) is 0 Å². The van der Waals surface area contributed by atoms with Crippen molar-refractivity contribution in [2.75, 3.05) is 5.32 Å². The molecule has 0 bridgehead atoms. The Morgan fingerprint density at radius 1 is 0.667 bits per heavy atom. The lowest BCUT2D eigenvalue weighted by atomic mass is 10.1. The van der Waals surface area contributed by atoms with Crippen LogP contribution in [0.2, 0.25) is 35.3 Å². The molecular formula is C13HCl7N4. The molecule has 0 saturated carbocycles. The number of rotatable bonds is 2. The smallest absolute Gasteiger partial charge is 0.152 e. The Labute approximate surface area is 171 Å². The third kappa shape index (κ3) is 3.29. The van der Waals surface area contributed by atoms with Crippen LogP contribution in [0.3, 0.4) is 0 Å². The zero-order valence-electron chi connectivity index (χ0n) is 11.0. The molecule has 0 saturated heterocycles. The van der Waals surface area contributed by atoms with Gasteiger partial charge >= 0.3 is 0 Å². The van der Waals surface area contributed by atoms with Crippen molar-refractivity contribution >= 4 is 92.7 Å². The van der Waals surface area contributed by atoms with Crippen LogP contribution in [0.4, 0.5) is 11.5 Å². The molecule has 24 heavy (non-hydrogen) atoms. The summed E-state index contributed by atoms with van der Waals surface area (Å²) in [5.74, 6) is -0.0219. The van der Waals surface area contributed by atoms with Crippen LogP contribution in [0.5, 0.6) is 0 Å². The van der Waals surface area contributed by atoms with E-state index in [1.807, 2.05) is 6.07 Å². The predicted molar refractivity (Wildman–Crippen MR) is 98.5 cm³/mol. The van der Waals surface area contributed by atoms with Crippen LogP contribution in [-0.4, -0.2) is 4.98 Å². The molecule has 0 aliphatic carbocycles. The minimum Gasteiger partial charge on any atom is -0.336 e. The van der Waals surface area contributed by atoms with Crippen LogP contribution < -0.4 is 5.32 Å². The van der Waals surface area contributed by atoms with Gasteiger partial charge in [0.15, 0.2) is 11.0 Å². The fourth-order valence-corrected chi connectivity index (χ4v) is 3.23. The molecular weight excluding hydrogens is 460 g/mol. The van der Waals surface area contributed by atoms with Gasteiger partial charge in [0.25, 0.3) is 0 Å². The summed E-state index contributed by atoms with van der Waals surface area (Å²) >= 11 is 41.9. The number of aromatic nitrogens is 1. The minimum absolute atomic E-state index is 0.00276. The van der Waals surface area contributed by atoms with Gasteiger partial charge < -0.3 is 5.32 Å². The maximum absolute atomic E-state index is 9.32. The summed E-state index contributed by atoms with van der Waals surface area (Å²) in [4.78, 5) is 3.93. The quantitative estimate of drug-likeness (QED) is 0.381. The Kier molecular flexibility index (Phi) is 6.18. The van der Waals surface area contributed by atoms with Gasteiger partial charge in [-0.05, 0) is 0 Å². The van der Waals surface area contributed by atoms with Gasteiger partial charge in [-0.3, -0.25) is 0 Å². The number of halogens is 7. The maximum Gasteiger partial charge on any atom is 0.152 e. The Hall–Kier alpha value is -0.820. The van der Waals surface area contributed by atoms with Crippen molar-refractivity contribution in [1.82, 2.24) is 4.98 Å². The summed E-state index contributed by atoms with van der Waals surface area (Å²) in [5.41, 5.74) is -0.253. The fourth-order valence-electron chi connectivity index (χ4n) is 1.67. The first-order valence-corrected chi connectivity index (χ1v) is 8.36. The number of hydrogen-bond acceptors (Lipinski definition) is 4. The average Bonchev–Trinajstić information content (AvgIpc) is 2.56. The van der Waals surface area contributed by atoms with Crippen LogP contribution in [0.25, 0.3) is 0 Å². The molecule has 11 heteroatoms. The molecule has 0 aliphatic rings. The molecule has 0 unspecified atom stereocenters. The van der Waals surface area contributed by atoms with E-state index in [0.29, 0.717) is 0 Å². The van der Waals surface area contributed by atoms with Gasteiger partial charge in [-0.25, -0.2) is 4.98 Å². The van der Waals surface area contributed by atoms with Crippen LogP contribution in [-0.2, 0) is 0 Å². The van der Waals surface area contributed by atoms with Gasteiger partial charge in [0.05, 0.1) is 41.9 Å². The highest BCUT2D eigenvalue weighted by Crippen LogP contribution is 2.44. The number of nitriles is 2. The Morgan fingerprint density at radius 3 is 1.79 bits per heavy atom. The number of nitrogens with zero attached hydrogens (tertiary/aromatic N) is 3. The molecule has 1 aromatic carbocycles. The lowest BCUT2D eigenvalue weighted by molar-refractivity contribution is 1.30. The van der Waals surface area contributed by atoms with E-state index < -0.39 is 0 Å². The summed E-state index contributed by atoms with van der Waals surface area (Å²) in [6, 6.07) is 3.61. The van der Waals surface area contributed by atoms with E-state index >= 15 is 0 Å². The lowest BCUT2D eigenvalue weighted by Gasteiger charge is -2.15. The SMILES string of the molecule is N#Cc1c(Cl)c(Cl)c(Nc2nc(Cl)c(Cl)c(Cl)c2Cl)c(C#N)c1Cl. The summed E-state index contributed by atoms with van der Waals surface area (Å²) in [7, 11) is 0. The van der Waals surface area contributed by atoms with Crippen molar-refractivity contribution in [3.63, 3.8) is 0 Å². The highest BCUT2D eigenvalue weighted by molar-refractivity contribution is 6.52. The minimum atomic E-state index is -0.167. The first kappa shape index (κ1) is 19.5. The largest absolute Gasteiger partial charge is 0.336 e. The van der Waals surface area contributed by atoms with Gasteiger partial charge in [-0.1, -0.05) is 81.2 Å². The zero-order chi connectivity index (χ0) is 18.2. The van der Waals surface area contributed by atoms with E-state index in [4.69, 9.17) is 86.5 Å². The van der Waals surface area contributed by atoms with Gasteiger partial charge in [-0.2, -0.15) is 10.5 Å². The molecule has 1 aromatic heterocycles. The number of nitrogens with one attached hydrogen (secondary N) is 1. The van der Waals surface area contributed by atoms with E-state index in [0.717, 1.165) is 0 Å². The Balaban J connectivity index is 2.73. The molecule has 0 radical (unpaired) electrons. The first-order valence-electron chi connectivity index (χ1n) is 5.72. The number of hydrogen-bond donors (Lipinski definition) is 1.